The third kappa shape index (κ3) is 3.09. The molecule has 112 valence electrons. The lowest BCUT2D eigenvalue weighted by atomic mass is 10.1. The molecule has 0 aliphatic carbocycles. The fourth-order valence-corrected chi connectivity index (χ4v) is 2.31. The Morgan fingerprint density at radius 1 is 1.23 bits per heavy atom. The molecule has 0 fully saturated rings. The summed E-state index contributed by atoms with van der Waals surface area (Å²) >= 11 is 0. The van der Waals surface area contributed by atoms with Crippen molar-refractivity contribution in [2.24, 2.45) is 4.99 Å². The van der Waals surface area contributed by atoms with Gasteiger partial charge in [0.25, 0.3) is 5.91 Å². The number of carbonyl (C=O) groups is 1. The van der Waals surface area contributed by atoms with E-state index in [0.29, 0.717) is 23.7 Å². The van der Waals surface area contributed by atoms with Gasteiger partial charge in [0.05, 0.1) is 13.4 Å². The number of nitrogens with one attached hydrogen (secondary N) is 1. The number of hydrogen-bond acceptors (Lipinski definition) is 4. The molecule has 1 aliphatic heterocycles. The van der Waals surface area contributed by atoms with Gasteiger partial charge in [-0.05, 0) is 30.2 Å². The van der Waals surface area contributed by atoms with Crippen molar-refractivity contribution < 1.29 is 13.9 Å². The smallest absolute Gasteiger partial charge is 0.275 e. The number of para-hydroxylation sites is 1. The van der Waals surface area contributed by atoms with Crippen LogP contribution in [0.4, 0.5) is 0 Å². The molecular formula is C17H16N2O3. The van der Waals surface area contributed by atoms with Crippen LogP contribution < -0.4 is 10.1 Å². The number of carbonyl (C=O) groups excluding carboxylic acids is 1. The van der Waals surface area contributed by atoms with Crippen LogP contribution in [0.1, 0.15) is 17.7 Å². The van der Waals surface area contributed by atoms with Crippen molar-refractivity contribution >= 4 is 17.8 Å². The van der Waals surface area contributed by atoms with Crippen LogP contribution in [0.15, 0.2) is 57.8 Å². The van der Waals surface area contributed by atoms with Gasteiger partial charge >= 0.3 is 0 Å². The quantitative estimate of drug-likeness (QED) is 0.863. The zero-order chi connectivity index (χ0) is 15.4. The number of ether oxygens (including phenoxy) is 1. The van der Waals surface area contributed by atoms with Crippen molar-refractivity contribution in [2.75, 3.05) is 7.11 Å². The summed E-state index contributed by atoms with van der Waals surface area (Å²) in [5.74, 6) is 1.92. The van der Waals surface area contributed by atoms with E-state index in [1.165, 1.54) is 0 Å². The predicted octanol–water partition coefficient (Wildman–Crippen LogP) is 2.79. The highest BCUT2D eigenvalue weighted by Crippen LogP contribution is 2.20. The minimum absolute atomic E-state index is 0.202. The number of rotatable bonds is 5. The zero-order valence-electron chi connectivity index (χ0n) is 12.2. The van der Waals surface area contributed by atoms with Gasteiger partial charge in [-0.1, -0.05) is 18.2 Å². The van der Waals surface area contributed by atoms with Gasteiger partial charge in [-0.25, -0.2) is 4.99 Å². The molecule has 1 N–H and O–H groups in total. The second kappa shape index (κ2) is 6.30. The van der Waals surface area contributed by atoms with E-state index in [1.54, 1.807) is 31.6 Å². The zero-order valence-corrected chi connectivity index (χ0v) is 12.2. The van der Waals surface area contributed by atoms with Crippen LogP contribution in [-0.4, -0.2) is 18.9 Å². The number of amides is 1. The molecule has 0 spiro atoms. The van der Waals surface area contributed by atoms with Crippen molar-refractivity contribution in [2.45, 2.75) is 12.8 Å². The van der Waals surface area contributed by atoms with Crippen molar-refractivity contribution in [1.29, 1.82) is 0 Å². The Bertz CT molecular complexity index is 730. The maximum atomic E-state index is 11.9. The summed E-state index contributed by atoms with van der Waals surface area (Å²) in [5.41, 5.74) is 1.45. The highest BCUT2D eigenvalue weighted by molar-refractivity contribution is 6.14. The Morgan fingerprint density at radius 3 is 2.86 bits per heavy atom. The van der Waals surface area contributed by atoms with Gasteiger partial charge < -0.3 is 14.5 Å². The van der Waals surface area contributed by atoms with E-state index in [9.17, 15) is 4.79 Å². The molecule has 0 radical (unpaired) electrons. The average Bonchev–Trinajstić information content (AvgIpc) is 3.16. The largest absolute Gasteiger partial charge is 0.496 e. The van der Waals surface area contributed by atoms with Gasteiger partial charge in [0.1, 0.15) is 23.0 Å². The summed E-state index contributed by atoms with van der Waals surface area (Å²) < 4.78 is 10.5. The van der Waals surface area contributed by atoms with Crippen LogP contribution in [0, 0.1) is 0 Å². The van der Waals surface area contributed by atoms with E-state index in [0.717, 1.165) is 17.7 Å². The van der Waals surface area contributed by atoms with Crippen molar-refractivity contribution in [3.63, 3.8) is 0 Å². The van der Waals surface area contributed by atoms with Crippen LogP contribution in [0.3, 0.4) is 0 Å². The van der Waals surface area contributed by atoms with Crippen LogP contribution in [0.25, 0.3) is 6.08 Å². The minimum atomic E-state index is -0.202. The fraction of sp³-hybridized carbons (Fsp3) is 0.176. The summed E-state index contributed by atoms with van der Waals surface area (Å²) in [7, 11) is 1.65. The number of amidine groups is 1. The maximum Gasteiger partial charge on any atom is 0.275 e. The van der Waals surface area contributed by atoms with Crippen LogP contribution in [0.2, 0.25) is 0 Å². The Kier molecular flexibility index (Phi) is 4.05. The molecule has 1 amide bonds. The Labute approximate surface area is 128 Å². The highest BCUT2D eigenvalue weighted by Gasteiger charge is 2.20. The Morgan fingerprint density at radius 2 is 2.09 bits per heavy atom. The Hall–Kier alpha value is -2.82. The van der Waals surface area contributed by atoms with Crippen molar-refractivity contribution in [3.05, 3.63) is 59.7 Å². The fourth-order valence-electron chi connectivity index (χ4n) is 2.31. The second-order valence-corrected chi connectivity index (χ2v) is 4.87. The third-order valence-electron chi connectivity index (χ3n) is 3.39. The van der Waals surface area contributed by atoms with E-state index >= 15 is 0 Å². The molecule has 5 heteroatoms. The third-order valence-corrected chi connectivity index (χ3v) is 3.39. The second-order valence-electron chi connectivity index (χ2n) is 4.87. The number of nitrogens with zero attached hydrogens (tertiary/aromatic N) is 1. The number of hydrogen-bond donors (Lipinski definition) is 1. The first-order chi connectivity index (χ1) is 10.8. The van der Waals surface area contributed by atoms with Crippen LogP contribution in [0.5, 0.6) is 5.75 Å². The number of furan rings is 1. The Balaban J connectivity index is 1.70. The molecule has 2 aromatic rings. The van der Waals surface area contributed by atoms with Gasteiger partial charge in [-0.3, -0.25) is 4.79 Å². The maximum absolute atomic E-state index is 11.9. The summed E-state index contributed by atoms with van der Waals surface area (Å²) in [6.45, 7) is 0. The topological polar surface area (TPSA) is 63.8 Å². The molecule has 2 heterocycles. The monoisotopic (exact) mass is 296 g/mol. The van der Waals surface area contributed by atoms with E-state index in [4.69, 9.17) is 9.15 Å². The number of benzene rings is 1. The molecule has 1 aromatic carbocycles. The van der Waals surface area contributed by atoms with Crippen molar-refractivity contribution in [3.8, 4) is 5.75 Å². The van der Waals surface area contributed by atoms with Crippen molar-refractivity contribution in [1.82, 2.24) is 5.32 Å². The molecule has 5 nitrogen and oxygen atoms in total. The van der Waals surface area contributed by atoms with E-state index in [1.807, 2.05) is 24.3 Å². The van der Waals surface area contributed by atoms with Gasteiger partial charge in [0.2, 0.25) is 0 Å². The van der Waals surface area contributed by atoms with Gasteiger partial charge in [-0.2, -0.15) is 0 Å². The lowest BCUT2D eigenvalue weighted by Gasteiger charge is -2.07. The van der Waals surface area contributed by atoms with E-state index in [-0.39, 0.29) is 5.91 Å². The van der Waals surface area contributed by atoms with E-state index < -0.39 is 0 Å². The summed E-state index contributed by atoms with van der Waals surface area (Å²) in [6.07, 6.45) is 4.58. The van der Waals surface area contributed by atoms with Gasteiger partial charge in [0.15, 0.2) is 0 Å². The number of aryl methyl sites for hydroxylation is 1. The number of aliphatic imine (C=N–C) groups is 1. The summed E-state index contributed by atoms with van der Waals surface area (Å²) in [5, 5.41) is 2.78. The lowest BCUT2D eigenvalue weighted by Crippen LogP contribution is -2.24. The lowest BCUT2D eigenvalue weighted by molar-refractivity contribution is -0.115. The summed E-state index contributed by atoms with van der Waals surface area (Å²) in [4.78, 5) is 16.2. The first-order valence-corrected chi connectivity index (χ1v) is 7.02. The first-order valence-electron chi connectivity index (χ1n) is 7.02. The standard InChI is InChI=1S/C17H16N2O3/c1-21-15-7-3-2-5-12(15)8-9-16-18-14(17(20)19-16)11-13-6-4-10-22-13/h2-7,10-11H,8-9H2,1H3,(H,18,19,20)/b14-11+. The number of methoxy groups -OCH3 is 1. The minimum Gasteiger partial charge on any atom is -0.496 e. The van der Waals surface area contributed by atoms with Crippen LogP contribution >= 0.6 is 0 Å². The average molecular weight is 296 g/mol. The van der Waals surface area contributed by atoms with Gasteiger partial charge in [-0.15, -0.1) is 0 Å². The molecule has 3 rings (SSSR count). The molecule has 0 saturated heterocycles. The highest BCUT2D eigenvalue weighted by atomic mass is 16.5. The molecule has 0 bridgehead atoms. The van der Waals surface area contributed by atoms with E-state index in [2.05, 4.69) is 10.3 Å². The van der Waals surface area contributed by atoms with Gasteiger partial charge in [0, 0.05) is 12.5 Å². The summed E-state index contributed by atoms with van der Waals surface area (Å²) in [6, 6.07) is 11.4. The predicted molar refractivity (Wildman–Crippen MR) is 83.6 cm³/mol. The van der Waals surface area contributed by atoms with Crippen LogP contribution in [-0.2, 0) is 11.2 Å². The first kappa shape index (κ1) is 14.1. The SMILES string of the molecule is COc1ccccc1CCC1=N/C(=C/c2ccco2)C(=O)N1. The molecule has 0 saturated carbocycles. The molecule has 0 unspecified atom stereocenters. The normalized spacial score (nSPS) is 15.8. The molecule has 1 aromatic heterocycles. The molecule has 1 aliphatic rings. The molecule has 22 heavy (non-hydrogen) atoms. The molecule has 0 atom stereocenters. The molecular weight excluding hydrogens is 280 g/mol.